The minimum atomic E-state index is -4.00. The molecule has 0 saturated carbocycles. The average Bonchev–Trinajstić information content (AvgIpc) is 3.17. The molecule has 0 saturated heterocycles. The summed E-state index contributed by atoms with van der Waals surface area (Å²) < 4.78 is 30.6. The molecule has 0 aliphatic heterocycles. The third kappa shape index (κ3) is 3.73. The number of Topliss-reactive ketones (excluding diaryl/α,β-unsaturated/α-hetero) is 1. The van der Waals surface area contributed by atoms with Crippen LogP contribution >= 0.6 is 11.8 Å². The van der Waals surface area contributed by atoms with Crippen LogP contribution in [0.2, 0.25) is 0 Å². The van der Waals surface area contributed by atoms with Crippen molar-refractivity contribution < 1.29 is 13.2 Å². The van der Waals surface area contributed by atoms with Gasteiger partial charge in [0.2, 0.25) is 5.78 Å². The van der Waals surface area contributed by atoms with E-state index in [4.69, 9.17) is 0 Å². The summed E-state index contributed by atoms with van der Waals surface area (Å²) in [4.78, 5) is 17.4. The Morgan fingerprint density at radius 3 is 2.33 bits per heavy atom. The van der Waals surface area contributed by atoms with E-state index in [1.807, 2.05) is 19.1 Å². The number of aryl methyl sites for hydroxylation is 3. The molecule has 0 amide bonds. The zero-order chi connectivity index (χ0) is 21.5. The van der Waals surface area contributed by atoms with Gasteiger partial charge >= 0.3 is 0 Å². The van der Waals surface area contributed by atoms with Gasteiger partial charge in [-0.05, 0) is 49.7 Å². The molecule has 152 valence electrons. The minimum absolute atomic E-state index is 0.188. The maximum Gasteiger partial charge on any atom is 0.283 e. The van der Waals surface area contributed by atoms with Gasteiger partial charge in [-0.15, -0.1) is 0 Å². The number of nitrogens with one attached hydrogen (secondary N) is 1. The van der Waals surface area contributed by atoms with Crippen LogP contribution in [-0.4, -0.2) is 35.1 Å². The summed E-state index contributed by atoms with van der Waals surface area (Å²) in [7, 11) is -4.00. The second-order valence-electron chi connectivity index (χ2n) is 6.96. The first-order chi connectivity index (χ1) is 14.3. The van der Waals surface area contributed by atoms with Crippen molar-refractivity contribution in [2.75, 3.05) is 0 Å². The molecule has 1 aliphatic carbocycles. The first kappa shape index (κ1) is 20.2. The van der Waals surface area contributed by atoms with Gasteiger partial charge in [-0.25, -0.2) is 4.98 Å². The predicted octanol–water partition coefficient (Wildman–Crippen LogP) is 3.78. The molecule has 4 rings (SSSR count). The third-order valence-electron chi connectivity index (χ3n) is 4.62. The lowest BCUT2D eigenvalue weighted by Crippen LogP contribution is -2.18. The summed E-state index contributed by atoms with van der Waals surface area (Å²) in [6.45, 7) is 5.43. The van der Waals surface area contributed by atoms with Gasteiger partial charge in [0.15, 0.2) is 5.16 Å². The number of carbonyl (C=O) groups excluding carboxylic acids is 1. The highest BCUT2D eigenvalue weighted by Crippen LogP contribution is 2.33. The van der Waals surface area contributed by atoms with Gasteiger partial charge in [-0.3, -0.25) is 9.89 Å². The maximum atomic E-state index is 13.2. The molecule has 9 heteroatoms. The van der Waals surface area contributed by atoms with Crippen LogP contribution in [0.3, 0.4) is 0 Å². The Kier molecular flexibility index (Phi) is 5.17. The van der Waals surface area contributed by atoms with Crippen LogP contribution in [-0.2, 0) is 10.0 Å². The number of sulfonamides is 1. The number of carbonyl (C=O) groups is 1. The highest BCUT2D eigenvalue weighted by molar-refractivity contribution is 8.04. The number of fused-ring (bicyclic) bond motifs is 1. The van der Waals surface area contributed by atoms with Crippen LogP contribution < -0.4 is 0 Å². The fourth-order valence-corrected chi connectivity index (χ4v) is 5.76. The van der Waals surface area contributed by atoms with Crippen LogP contribution in [0.4, 0.5) is 0 Å². The summed E-state index contributed by atoms with van der Waals surface area (Å²) in [6, 6.07) is 10.5. The number of nitrogens with zero attached hydrogens (tertiary/aromatic N) is 3. The van der Waals surface area contributed by atoms with Gasteiger partial charge in [0, 0.05) is 11.1 Å². The molecule has 2 aromatic carbocycles. The number of aromatic nitrogens is 3. The fourth-order valence-electron chi connectivity index (χ4n) is 3.55. The largest absolute Gasteiger partial charge is 0.288 e. The molecule has 1 aromatic heterocycles. The highest BCUT2D eigenvalue weighted by atomic mass is 32.2. The van der Waals surface area contributed by atoms with E-state index in [0.29, 0.717) is 32.3 Å². The van der Waals surface area contributed by atoms with Crippen molar-refractivity contribution in [1.29, 1.82) is 0 Å². The lowest BCUT2D eigenvalue weighted by Gasteiger charge is -2.17. The van der Waals surface area contributed by atoms with Crippen molar-refractivity contribution in [3.8, 4) is 0 Å². The van der Waals surface area contributed by atoms with Gasteiger partial charge in [-0.1, -0.05) is 42.0 Å². The molecule has 0 spiro atoms. The van der Waals surface area contributed by atoms with E-state index in [0.717, 1.165) is 17.3 Å². The lowest BCUT2D eigenvalue weighted by molar-refractivity contribution is 0.104. The van der Waals surface area contributed by atoms with E-state index in [1.54, 1.807) is 38.1 Å². The Morgan fingerprint density at radius 1 is 1.03 bits per heavy atom. The van der Waals surface area contributed by atoms with Gasteiger partial charge in [0.25, 0.3) is 10.0 Å². The van der Waals surface area contributed by atoms with E-state index >= 15 is 0 Å². The Bertz CT molecular complexity index is 1300. The fraction of sp³-hybridized carbons (Fsp3) is 0.143. The molecule has 1 heterocycles. The molecular formula is C21H18N4O3S2. The smallest absolute Gasteiger partial charge is 0.283 e. The standard InChI is InChI=1S/C21H18N4O3S2/c1-12-8-13(2)20(14(3)9-12)30(27,28)25-17-10-18(29-21-22-11-23-24-21)19(26)16-7-5-4-6-15(16)17/h4-11H,1-3H3,(H,22,23,24)/b25-17+. The zero-order valence-corrected chi connectivity index (χ0v) is 18.1. The van der Waals surface area contributed by atoms with E-state index in [1.165, 1.54) is 12.4 Å². The van der Waals surface area contributed by atoms with E-state index in [-0.39, 0.29) is 16.4 Å². The summed E-state index contributed by atoms with van der Waals surface area (Å²) >= 11 is 1.08. The van der Waals surface area contributed by atoms with Crippen LogP contribution in [0.15, 0.2) is 68.2 Å². The van der Waals surface area contributed by atoms with Crippen molar-refractivity contribution in [3.63, 3.8) is 0 Å². The number of rotatable bonds is 4. The molecule has 7 nitrogen and oxygen atoms in total. The molecule has 3 aromatic rings. The van der Waals surface area contributed by atoms with Crippen molar-refractivity contribution >= 4 is 33.3 Å². The Hall–Kier alpha value is -3.04. The Labute approximate surface area is 178 Å². The maximum absolute atomic E-state index is 13.2. The van der Waals surface area contributed by atoms with Crippen molar-refractivity contribution in [1.82, 2.24) is 15.2 Å². The van der Waals surface area contributed by atoms with E-state index < -0.39 is 10.0 Å². The Balaban J connectivity index is 1.87. The predicted molar refractivity (Wildman–Crippen MR) is 115 cm³/mol. The van der Waals surface area contributed by atoms with E-state index in [9.17, 15) is 13.2 Å². The number of thioether (sulfide) groups is 1. The second kappa shape index (κ2) is 7.66. The number of benzene rings is 2. The number of aromatic amines is 1. The quantitative estimate of drug-likeness (QED) is 0.665. The number of ketones is 1. The molecule has 0 fully saturated rings. The van der Waals surface area contributed by atoms with Crippen LogP contribution in [0.1, 0.15) is 32.6 Å². The third-order valence-corrected chi connectivity index (χ3v) is 7.13. The number of allylic oxidation sites excluding steroid dienone is 2. The first-order valence-corrected chi connectivity index (χ1v) is 11.3. The van der Waals surface area contributed by atoms with Crippen LogP contribution in [0.25, 0.3) is 0 Å². The summed E-state index contributed by atoms with van der Waals surface area (Å²) in [5, 5.41) is 6.90. The minimum Gasteiger partial charge on any atom is -0.288 e. The zero-order valence-electron chi connectivity index (χ0n) is 16.5. The highest BCUT2D eigenvalue weighted by Gasteiger charge is 2.28. The van der Waals surface area contributed by atoms with Gasteiger partial charge < -0.3 is 0 Å². The number of hydrogen-bond acceptors (Lipinski definition) is 6. The summed E-state index contributed by atoms with van der Waals surface area (Å²) in [5.74, 6) is -0.217. The SMILES string of the molecule is Cc1cc(C)c(S(=O)(=O)/N=C2\C=C(Sc3ncn[nH]3)C(=O)c3ccccc32)c(C)c1. The molecule has 1 N–H and O–H groups in total. The lowest BCUT2D eigenvalue weighted by atomic mass is 9.94. The molecule has 0 atom stereocenters. The molecule has 30 heavy (non-hydrogen) atoms. The monoisotopic (exact) mass is 438 g/mol. The van der Waals surface area contributed by atoms with Crippen molar-refractivity contribution in [2.45, 2.75) is 30.8 Å². The van der Waals surface area contributed by atoms with Crippen molar-refractivity contribution in [2.24, 2.45) is 4.40 Å². The Morgan fingerprint density at radius 2 is 1.70 bits per heavy atom. The van der Waals surface area contributed by atoms with Gasteiger partial charge in [-0.2, -0.15) is 17.9 Å². The molecule has 0 radical (unpaired) electrons. The summed E-state index contributed by atoms with van der Waals surface area (Å²) in [5.41, 5.74) is 3.35. The number of hydrogen-bond donors (Lipinski definition) is 1. The second-order valence-corrected chi connectivity index (χ2v) is 9.53. The van der Waals surface area contributed by atoms with Crippen LogP contribution in [0.5, 0.6) is 0 Å². The normalized spacial score (nSPS) is 15.2. The molecule has 0 unspecified atom stereocenters. The van der Waals surface area contributed by atoms with Gasteiger partial charge in [0.1, 0.15) is 6.33 Å². The molecular weight excluding hydrogens is 420 g/mol. The summed E-state index contributed by atoms with van der Waals surface area (Å²) in [6.07, 6.45) is 2.83. The van der Waals surface area contributed by atoms with Gasteiger partial charge in [0.05, 0.1) is 15.5 Å². The molecule has 1 aliphatic rings. The first-order valence-electron chi connectivity index (χ1n) is 9.08. The molecule has 0 bridgehead atoms. The topological polar surface area (TPSA) is 105 Å². The number of H-pyrrole nitrogens is 1. The average molecular weight is 439 g/mol. The van der Waals surface area contributed by atoms with E-state index in [2.05, 4.69) is 19.6 Å². The van der Waals surface area contributed by atoms with Crippen molar-refractivity contribution in [3.05, 3.63) is 81.5 Å². The van der Waals surface area contributed by atoms with Crippen LogP contribution in [0, 0.1) is 20.8 Å².